The summed E-state index contributed by atoms with van der Waals surface area (Å²) < 4.78 is 0. The van der Waals surface area contributed by atoms with Crippen LogP contribution in [0.4, 0.5) is 0 Å². The number of aliphatic hydroxyl groups is 1. The molecule has 4 rings (SSSR count). The highest BCUT2D eigenvalue weighted by molar-refractivity contribution is 6.01. The van der Waals surface area contributed by atoms with E-state index in [1.807, 2.05) is 0 Å². The number of aromatic amines is 1. The third kappa shape index (κ3) is 39.2. The lowest BCUT2D eigenvalue weighted by Gasteiger charge is -2.29. The number of amides is 15. The van der Waals surface area contributed by atoms with Crippen molar-refractivity contribution in [3.63, 3.8) is 0 Å². The molecule has 15 amide bonds. The van der Waals surface area contributed by atoms with E-state index >= 15 is 4.79 Å². The van der Waals surface area contributed by atoms with Gasteiger partial charge in [-0.3, -0.25) is 76.7 Å². The van der Waals surface area contributed by atoms with Gasteiger partial charge < -0.3 is 134 Å². The fourth-order valence-corrected chi connectivity index (χ4v) is 13.8. The van der Waals surface area contributed by atoms with Gasteiger partial charge in [-0.15, -0.1) is 0 Å². The van der Waals surface area contributed by atoms with Gasteiger partial charge in [0.2, 0.25) is 88.6 Å². The van der Waals surface area contributed by atoms with Gasteiger partial charge in [-0.05, 0) is 188 Å². The molecule has 42 heteroatoms. The maximum atomic E-state index is 15.1. The minimum absolute atomic E-state index is 0.00915. The van der Waals surface area contributed by atoms with Crippen LogP contribution >= 0.6 is 0 Å². The first kappa shape index (κ1) is 108. The summed E-state index contributed by atoms with van der Waals surface area (Å²) in [6.45, 7) is 11.6. The lowest BCUT2D eigenvalue weighted by atomic mass is 9.99. The summed E-state index contributed by atoms with van der Waals surface area (Å²) >= 11 is 0. The van der Waals surface area contributed by atoms with Crippen molar-refractivity contribution in [1.29, 1.82) is 0 Å². The number of carbonyl (C=O) groups is 17. The van der Waals surface area contributed by atoms with E-state index < -0.39 is 243 Å². The molecule has 0 aliphatic carbocycles. The third-order valence-electron chi connectivity index (χ3n) is 20.7. The van der Waals surface area contributed by atoms with Gasteiger partial charge in [0.05, 0.1) is 12.6 Å². The van der Waals surface area contributed by atoms with Crippen LogP contribution < -0.4 is 104 Å². The minimum Gasteiger partial charge on any atom is -0.508 e. The average molecular weight is 1800 g/mol. The molecular formula is C86H132N20O22. The van der Waals surface area contributed by atoms with Crippen LogP contribution in [0.25, 0.3) is 10.9 Å². The van der Waals surface area contributed by atoms with Crippen molar-refractivity contribution in [1.82, 2.24) is 74.1 Å². The van der Waals surface area contributed by atoms with Crippen molar-refractivity contribution >= 4 is 111 Å². The monoisotopic (exact) mass is 1800 g/mol. The van der Waals surface area contributed by atoms with E-state index in [2.05, 4.69) is 74.1 Å². The van der Waals surface area contributed by atoms with Gasteiger partial charge in [0.1, 0.15) is 90.0 Å². The molecule has 4 aromatic rings. The number of nitrogens with one attached hydrogen (secondary N) is 14. The average Bonchev–Trinajstić information content (AvgIpc) is 1.77. The van der Waals surface area contributed by atoms with Crippen molar-refractivity contribution < 1.29 is 107 Å². The van der Waals surface area contributed by atoms with Crippen LogP contribution in [0.1, 0.15) is 181 Å². The largest absolute Gasteiger partial charge is 0.508 e. The molecule has 708 valence electrons. The van der Waals surface area contributed by atoms with Gasteiger partial charge >= 0.3 is 11.9 Å². The van der Waals surface area contributed by atoms with Gasteiger partial charge in [-0.25, -0.2) is 4.79 Å². The number of carboxylic acids is 2. The number of aromatic hydroxyl groups is 2. The first-order chi connectivity index (χ1) is 60.6. The highest BCUT2D eigenvalue weighted by Crippen LogP contribution is 2.22. The standard InChI is InChI=1S/C86H132N20O22/c1-46(2)38-63(100-75(116)58(19-11-14-36-88)95-82(123)66(41-50-21-25-53(108)26-22-50)102-74(115)57(18-10-13-35-87)94-71(112)44-90)79(120)97-60(30-33-70(92)111)77(118)103-67(42-51-23-27-54(109)28-24-51)83(124)101-64(39-47(3)4)80(121)98-61(31-34-72(113)114)76(117)96-59(29-32-69(91)110)78(119)104-68(43-52-45-93-56-17-9-8-16-55(52)56)84(125)106-73(49(7)107)85(126)105-65(40-48(5)6)81(122)99-62(86(127)128)20-12-15-37-89/h8-9,16-17,21-28,45-49,57-68,73,93,107-109H,10-15,18-20,29-44,87-90H2,1-7H3,(H2,91,110)(H2,92,111)(H,94,112)(H,95,123)(H,96,117)(H,97,120)(H,98,121)(H,99,122)(H,100,116)(H,101,124)(H,102,115)(H,103,118)(H,104,119)(H,105,126)(H,106,125)(H,113,114)(H,127,128)/t49-,57+,58+,59+,60+,61+,62+,63+,64+,65+,66+,67+,68+,73+/m1/s1. The van der Waals surface area contributed by atoms with E-state index in [-0.39, 0.29) is 101 Å². The summed E-state index contributed by atoms with van der Waals surface area (Å²) in [6, 6.07) is -2.93. The number of phenols is 2. The number of carbonyl (C=O) groups excluding carboxylic acids is 15. The number of rotatable bonds is 61. The fraction of sp³-hybridized carbons (Fsp3) is 0.570. The summed E-state index contributed by atoms with van der Waals surface area (Å²) in [4.78, 5) is 241. The number of para-hydroxylation sites is 1. The zero-order chi connectivity index (χ0) is 95.4. The smallest absolute Gasteiger partial charge is 0.326 e. The van der Waals surface area contributed by atoms with Crippen LogP contribution in [0.15, 0.2) is 79.0 Å². The number of aromatic nitrogens is 1. The molecule has 31 N–H and O–H groups in total. The molecule has 0 aliphatic rings. The molecule has 0 spiro atoms. The molecule has 0 fully saturated rings. The summed E-state index contributed by atoms with van der Waals surface area (Å²) in [5.74, 6) is -19.3. The molecule has 0 saturated heterocycles. The maximum absolute atomic E-state index is 15.1. The van der Waals surface area contributed by atoms with Gasteiger partial charge in [0.25, 0.3) is 0 Å². The second-order valence-electron chi connectivity index (χ2n) is 33.1. The molecule has 128 heavy (non-hydrogen) atoms. The van der Waals surface area contributed by atoms with Gasteiger partial charge in [0.15, 0.2) is 0 Å². The van der Waals surface area contributed by atoms with E-state index in [0.29, 0.717) is 59.7 Å². The summed E-state index contributed by atoms with van der Waals surface area (Å²) in [5, 5.41) is 85.3. The molecule has 42 nitrogen and oxygen atoms in total. The SMILES string of the molecule is CC(C)C[C@H](NC(=O)[C@H](CCCCN)NC(=O)[C@H](Cc1ccc(O)cc1)NC(=O)[C@H](CCCCN)NC(=O)CN)C(=O)N[C@@H](CCC(N)=O)C(=O)N[C@@H](Cc1ccc(O)cc1)C(=O)N[C@@H](CC(C)C)C(=O)N[C@@H](CCC(=O)O)C(=O)N[C@@H](CCC(N)=O)C(=O)N[C@@H](Cc1c[nH]c2ccccc12)C(=O)N[C@H](C(=O)N[C@@H](CC(C)C)C(=O)N[C@@H](CCCCN)C(=O)O)[C@@H](C)O. The summed E-state index contributed by atoms with van der Waals surface area (Å²) in [7, 11) is 0. The Morgan fingerprint density at radius 1 is 0.344 bits per heavy atom. The summed E-state index contributed by atoms with van der Waals surface area (Å²) in [5.41, 5.74) is 35.7. The number of H-pyrrole nitrogens is 1. The first-order valence-corrected chi connectivity index (χ1v) is 43.1. The number of hydrogen-bond donors (Lipinski definition) is 25. The van der Waals surface area contributed by atoms with E-state index in [9.17, 15) is 102 Å². The predicted molar refractivity (Wildman–Crippen MR) is 470 cm³/mol. The van der Waals surface area contributed by atoms with Crippen molar-refractivity contribution in [2.24, 2.45) is 52.2 Å². The number of benzene rings is 3. The predicted octanol–water partition coefficient (Wildman–Crippen LogP) is -2.75. The number of carboxylic acid groups (broad SMARTS) is 2. The number of aliphatic carboxylic acids is 2. The van der Waals surface area contributed by atoms with Crippen LogP contribution in [-0.2, 0) is 101 Å². The van der Waals surface area contributed by atoms with Gasteiger partial charge in [-0.1, -0.05) is 84.0 Å². The number of phenolic OH excluding ortho intramolecular Hbond substituents is 2. The van der Waals surface area contributed by atoms with Gasteiger partial charge in [-0.2, -0.15) is 0 Å². The molecule has 14 atom stereocenters. The number of fused-ring (bicyclic) bond motifs is 1. The van der Waals surface area contributed by atoms with E-state index in [1.54, 1.807) is 65.8 Å². The molecule has 0 saturated carbocycles. The van der Waals surface area contributed by atoms with E-state index in [1.165, 1.54) is 54.7 Å². The number of unbranched alkanes of at least 4 members (excludes halogenated alkanes) is 3. The lowest BCUT2D eigenvalue weighted by molar-refractivity contribution is -0.143. The van der Waals surface area contributed by atoms with Crippen LogP contribution in [0.2, 0.25) is 0 Å². The van der Waals surface area contributed by atoms with Crippen LogP contribution in [-0.4, -0.2) is 242 Å². The molecule has 1 aromatic heterocycles. The fourth-order valence-electron chi connectivity index (χ4n) is 13.8. The number of nitrogens with two attached hydrogens (primary N) is 6. The minimum atomic E-state index is -1.89. The Balaban J connectivity index is 1.72. The van der Waals surface area contributed by atoms with Crippen LogP contribution in [0.5, 0.6) is 11.5 Å². The molecule has 1 heterocycles. The Morgan fingerprint density at radius 3 is 1.00 bits per heavy atom. The highest BCUT2D eigenvalue weighted by Gasteiger charge is 2.40. The second kappa shape index (κ2) is 55.9. The second-order valence-corrected chi connectivity index (χ2v) is 33.1. The number of hydrogen-bond acceptors (Lipinski definition) is 24. The zero-order valence-electron chi connectivity index (χ0n) is 73.6. The normalized spacial score (nSPS) is 14.6. The highest BCUT2D eigenvalue weighted by atomic mass is 16.4. The molecule has 0 bridgehead atoms. The summed E-state index contributed by atoms with van der Waals surface area (Å²) in [6.07, 6.45) is -3.00. The maximum Gasteiger partial charge on any atom is 0.326 e. The number of aliphatic hydroxyl groups excluding tert-OH is 1. The molecule has 0 aliphatic heterocycles. The first-order valence-electron chi connectivity index (χ1n) is 43.1. The molecular weight excluding hydrogens is 1670 g/mol. The Kier molecular flexibility index (Phi) is 47.2. The van der Waals surface area contributed by atoms with Crippen LogP contribution in [0, 0.1) is 17.8 Å². The van der Waals surface area contributed by atoms with E-state index in [4.69, 9.17) is 34.4 Å². The van der Waals surface area contributed by atoms with Crippen LogP contribution in [0.3, 0.4) is 0 Å². The Labute approximate surface area is 742 Å². The van der Waals surface area contributed by atoms with Crippen molar-refractivity contribution in [3.8, 4) is 11.5 Å². The van der Waals surface area contributed by atoms with Crippen molar-refractivity contribution in [2.45, 2.75) is 268 Å². The quantitative estimate of drug-likeness (QED) is 0.0199. The molecule has 0 radical (unpaired) electrons. The Morgan fingerprint density at radius 2 is 0.648 bits per heavy atom. The van der Waals surface area contributed by atoms with Crippen molar-refractivity contribution in [3.05, 3.63) is 95.7 Å². The Hall–Kier alpha value is -12.4. The Bertz CT molecular complexity index is 4360. The molecule has 3 aromatic carbocycles. The van der Waals surface area contributed by atoms with E-state index in [0.717, 1.165) is 6.92 Å². The number of primary amides is 2. The molecule has 0 unspecified atom stereocenters. The zero-order valence-corrected chi connectivity index (χ0v) is 73.6. The van der Waals surface area contributed by atoms with Crippen molar-refractivity contribution in [2.75, 3.05) is 26.2 Å². The third-order valence-corrected chi connectivity index (χ3v) is 20.7. The topological polar surface area (TPSA) is 720 Å². The lowest BCUT2D eigenvalue weighted by Crippen LogP contribution is -2.62. The van der Waals surface area contributed by atoms with Gasteiger partial charge in [0, 0.05) is 55.6 Å².